The molecule has 3 N–H and O–H groups in total. The number of esters is 1. The normalized spacial score (nSPS) is 28.2. The van der Waals surface area contributed by atoms with E-state index in [0.29, 0.717) is 44.1 Å². The smallest absolute Gasteiger partial charge is 0.329 e. The first kappa shape index (κ1) is 43.2. The first-order valence-electron chi connectivity index (χ1n) is 20.2. The minimum atomic E-state index is -1.59. The van der Waals surface area contributed by atoms with Gasteiger partial charge in [0, 0.05) is 32.1 Å². The lowest BCUT2D eigenvalue weighted by atomic mass is 9.91. The molecule has 16 heteroatoms. The number of piperidine rings is 1. The molecule has 4 fully saturated rings. The van der Waals surface area contributed by atoms with Gasteiger partial charge in [0.25, 0.3) is 0 Å². The third-order valence-electron chi connectivity index (χ3n) is 11.3. The number of benzene rings is 1. The summed E-state index contributed by atoms with van der Waals surface area (Å²) in [6.07, 6.45) is 5.06. The van der Waals surface area contributed by atoms with Gasteiger partial charge in [-0.15, -0.1) is 0 Å². The largest absolute Gasteiger partial charge is 0.458 e. The summed E-state index contributed by atoms with van der Waals surface area (Å²) in [4.78, 5) is 102. The van der Waals surface area contributed by atoms with Gasteiger partial charge in [0.15, 0.2) is 0 Å². The highest BCUT2D eigenvalue weighted by atomic mass is 19.1. The standard InChI is InChI=1S/C41H56F2N6O8/c1-23(2)10-6-7-13-34(50)45-30(21-27-19-28(42)22-29(43)20-27)36(51)46-35-26(5)57-41(56)32-12-9-16-48(32)38(53)25(4)44-37(52)33-18-24(3)14-17-49(33)39(54)31-11-8-15-47(31)40(35)55/h7,13,19-20,22-26,30-33,35H,6,8-12,14-18,21H2,1-5H3,(H,44,52)(H,45,50)(H,46,51)/b13-7+/t24?,25-,26-,30-,31-,32-,33-,35-/m0/s1. The maximum Gasteiger partial charge on any atom is 0.329 e. The summed E-state index contributed by atoms with van der Waals surface area (Å²) in [5, 5.41) is 8.01. The molecule has 1 unspecified atom stereocenters. The quantitative estimate of drug-likeness (QED) is 0.253. The van der Waals surface area contributed by atoms with Gasteiger partial charge in [-0.1, -0.05) is 26.8 Å². The second-order valence-electron chi connectivity index (χ2n) is 16.3. The van der Waals surface area contributed by atoms with Crippen LogP contribution in [-0.4, -0.2) is 118 Å². The first-order valence-corrected chi connectivity index (χ1v) is 20.2. The van der Waals surface area contributed by atoms with E-state index >= 15 is 0 Å². The van der Waals surface area contributed by atoms with Crippen molar-refractivity contribution in [2.45, 2.75) is 135 Å². The molecule has 5 rings (SSSR count). The zero-order chi connectivity index (χ0) is 41.6. The molecule has 312 valence electrons. The Hall–Kier alpha value is -4.89. The monoisotopic (exact) mass is 798 g/mol. The summed E-state index contributed by atoms with van der Waals surface area (Å²) in [6, 6.07) is -4.22. The number of fused-ring (bicyclic) bond motifs is 3. The van der Waals surface area contributed by atoms with E-state index in [0.717, 1.165) is 18.6 Å². The fraction of sp³-hybridized carbons (Fsp3) is 0.634. The van der Waals surface area contributed by atoms with Crippen molar-refractivity contribution in [2.75, 3.05) is 19.6 Å². The van der Waals surface area contributed by atoms with E-state index in [1.807, 2.05) is 20.8 Å². The first-order chi connectivity index (χ1) is 27.0. The number of carbonyl (C=O) groups is 7. The van der Waals surface area contributed by atoms with E-state index in [4.69, 9.17) is 4.74 Å². The number of ether oxygens (including phenoxy) is 1. The van der Waals surface area contributed by atoms with E-state index in [1.54, 1.807) is 6.08 Å². The third kappa shape index (κ3) is 10.7. The van der Waals surface area contributed by atoms with Crippen molar-refractivity contribution in [1.29, 1.82) is 0 Å². The van der Waals surface area contributed by atoms with Crippen molar-refractivity contribution in [3.05, 3.63) is 47.5 Å². The average molecular weight is 799 g/mol. The fourth-order valence-corrected chi connectivity index (χ4v) is 8.18. The molecule has 0 radical (unpaired) electrons. The number of allylic oxidation sites excluding steroid dienone is 1. The van der Waals surface area contributed by atoms with Crippen molar-refractivity contribution >= 4 is 41.4 Å². The summed E-state index contributed by atoms with van der Waals surface area (Å²) in [6.45, 7) is 9.61. The van der Waals surface area contributed by atoms with Crippen LogP contribution in [0.15, 0.2) is 30.4 Å². The molecular weight excluding hydrogens is 742 g/mol. The molecule has 6 amide bonds. The summed E-state index contributed by atoms with van der Waals surface area (Å²) < 4.78 is 34.4. The van der Waals surface area contributed by atoms with Crippen LogP contribution < -0.4 is 16.0 Å². The summed E-state index contributed by atoms with van der Waals surface area (Å²) >= 11 is 0. The van der Waals surface area contributed by atoms with E-state index in [1.165, 1.54) is 34.6 Å². The Morgan fingerprint density at radius 3 is 2.16 bits per heavy atom. The molecule has 14 nitrogen and oxygen atoms in total. The molecule has 1 aromatic carbocycles. The van der Waals surface area contributed by atoms with Gasteiger partial charge in [-0.2, -0.15) is 0 Å². The van der Waals surface area contributed by atoms with Crippen molar-refractivity contribution in [3.63, 3.8) is 0 Å². The molecule has 8 atom stereocenters. The Labute approximate surface area is 332 Å². The highest BCUT2D eigenvalue weighted by Gasteiger charge is 2.47. The summed E-state index contributed by atoms with van der Waals surface area (Å²) in [7, 11) is 0. The number of hydrogen-bond donors (Lipinski definition) is 3. The number of hydrogen-bond acceptors (Lipinski definition) is 8. The van der Waals surface area contributed by atoms with Gasteiger partial charge in [-0.3, -0.25) is 28.8 Å². The Kier molecular flexibility index (Phi) is 14.4. The Balaban J connectivity index is 1.49. The number of carbonyl (C=O) groups excluding carboxylic acids is 7. The summed E-state index contributed by atoms with van der Waals surface area (Å²) in [5.41, 5.74) is 0.0559. The van der Waals surface area contributed by atoms with Gasteiger partial charge in [0.05, 0.1) is 0 Å². The molecule has 4 heterocycles. The zero-order valence-electron chi connectivity index (χ0n) is 33.4. The van der Waals surface area contributed by atoms with Crippen LogP contribution in [0, 0.1) is 23.5 Å². The molecule has 0 bridgehead atoms. The van der Waals surface area contributed by atoms with Gasteiger partial charge in [-0.25, -0.2) is 13.6 Å². The van der Waals surface area contributed by atoms with Gasteiger partial charge in [0.1, 0.15) is 54.0 Å². The Bertz CT molecular complexity index is 1720. The van der Waals surface area contributed by atoms with E-state index in [9.17, 15) is 42.3 Å². The van der Waals surface area contributed by atoms with E-state index in [-0.39, 0.29) is 50.4 Å². The Morgan fingerprint density at radius 2 is 1.49 bits per heavy atom. The van der Waals surface area contributed by atoms with Crippen LogP contribution in [0.25, 0.3) is 0 Å². The minimum Gasteiger partial charge on any atom is -0.458 e. The molecule has 4 aliphatic heterocycles. The molecule has 4 saturated heterocycles. The maximum absolute atomic E-state index is 14.6. The molecule has 0 saturated carbocycles. The van der Waals surface area contributed by atoms with Crippen LogP contribution in [0.3, 0.4) is 0 Å². The molecule has 1 aromatic rings. The van der Waals surface area contributed by atoms with E-state index in [2.05, 4.69) is 16.0 Å². The van der Waals surface area contributed by atoms with Crippen molar-refractivity contribution in [3.8, 4) is 0 Å². The van der Waals surface area contributed by atoms with Crippen LogP contribution in [0.2, 0.25) is 0 Å². The van der Waals surface area contributed by atoms with Gasteiger partial charge < -0.3 is 35.4 Å². The number of halogens is 2. The van der Waals surface area contributed by atoms with Crippen molar-refractivity contribution in [1.82, 2.24) is 30.7 Å². The van der Waals surface area contributed by atoms with Gasteiger partial charge >= 0.3 is 5.97 Å². The number of cyclic esters (lactones) is 1. The molecule has 57 heavy (non-hydrogen) atoms. The Morgan fingerprint density at radius 1 is 0.860 bits per heavy atom. The topological polar surface area (TPSA) is 175 Å². The van der Waals surface area contributed by atoms with Gasteiger partial charge in [0.2, 0.25) is 35.4 Å². The van der Waals surface area contributed by atoms with E-state index < -0.39 is 95.4 Å². The second-order valence-corrected chi connectivity index (χ2v) is 16.3. The lowest BCUT2D eigenvalue weighted by Gasteiger charge is -2.41. The third-order valence-corrected chi connectivity index (χ3v) is 11.3. The number of nitrogens with one attached hydrogen (secondary N) is 3. The number of rotatable bonds is 9. The molecule has 0 spiro atoms. The zero-order valence-corrected chi connectivity index (χ0v) is 33.4. The highest BCUT2D eigenvalue weighted by Crippen LogP contribution is 2.29. The molecule has 4 aliphatic rings. The second kappa shape index (κ2) is 19.0. The highest BCUT2D eigenvalue weighted by molar-refractivity contribution is 5.98. The predicted molar refractivity (Wildman–Crippen MR) is 204 cm³/mol. The lowest BCUT2D eigenvalue weighted by Crippen LogP contribution is -2.63. The predicted octanol–water partition coefficient (Wildman–Crippen LogP) is 2.53. The minimum absolute atomic E-state index is 0.0559. The van der Waals surface area contributed by atoms with Crippen molar-refractivity contribution < 1.29 is 47.1 Å². The van der Waals surface area contributed by atoms with Crippen molar-refractivity contribution in [2.24, 2.45) is 11.8 Å². The van der Waals surface area contributed by atoms with Crippen LogP contribution in [0.4, 0.5) is 8.78 Å². The van der Waals surface area contributed by atoms with Crippen LogP contribution in [-0.2, 0) is 44.7 Å². The lowest BCUT2D eigenvalue weighted by molar-refractivity contribution is -0.163. The van der Waals surface area contributed by atoms with Gasteiger partial charge in [-0.05, 0) is 101 Å². The van der Waals surface area contributed by atoms with Crippen LogP contribution in [0.5, 0.6) is 0 Å². The molecule has 0 aliphatic carbocycles. The molecule has 0 aromatic heterocycles. The SMILES string of the molecule is CC(C)CC/C=C/C(=O)N[C@@H](Cc1cc(F)cc(F)c1)C(=O)N[C@@H]1C(=O)N2CCC[C@H]2C(=O)N2CCC(C)C[C@H]2C(=O)N[C@@H](C)C(=O)N2CCC[C@H]2C(=O)O[C@H]1C. The van der Waals surface area contributed by atoms with Crippen LogP contribution >= 0.6 is 0 Å². The average Bonchev–Trinajstić information content (AvgIpc) is 3.84. The molecular formula is C41H56F2N6O8. The fourth-order valence-electron chi connectivity index (χ4n) is 8.18. The summed E-state index contributed by atoms with van der Waals surface area (Å²) in [5.74, 6) is -5.86. The number of amides is 6. The van der Waals surface area contributed by atoms with Crippen LogP contribution in [0.1, 0.15) is 91.5 Å². The number of nitrogens with zero attached hydrogens (tertiary/aromatic N) is 3. The maximum atomic E-state index is 14.6.